The third kappa shape index (κ3) is 3.23. The van der Waals surface area contributed by atoms with Crippen LogP contribution in [0, 0.1) is 23.7 Å². The normalized spacial score (nSPS) is 26.8. The van der Waals surface area contributed by atoms with Crippen molar-refractivity contribution in [3.8, 4) is 5.75 Å². The lowest BCUT2D eigenvalue weighted by molar-refractivity contribution is -0.147. The van der Waals surface area contributed by atoms with Crippen molar-refractivity contribution >= 4 is 23.4 Å². The first kappa shape index (κ1) is 19.5. The van der Waals surface area contributed by atoms with Gasteiger partial charge in [0.1, 0.15) is 11.8 Å². The molecule has 5 rings (SSSR count). The van der Waals surface area contributed by atoms with Gasteiger partial charge in [-0.1, -0.05) is 54.6 Å². The molecule has 31 heavy (non-hydrogen) atoms. The average Bonchev–Trinajstić information content (AvgIpc) is 3.47. The number of carbonyl (C=O) groups is 3. The molecular weight excluding hydrogens is 392 g/mol. The fourth-order valence-corrected chi connectivity index (χ4v) is 5.34. The van der Waals surface area contributed by atoms with Gasteiger partial charge >= 0.3 is 0 Å². The zero-order chi connectivity index (χ0) is 21.5. The lowest BCUT2D eigenvalue weighted by atomic mass is 9.85. The van der Waals surface area contributed by atoms with Gasteiger partial charge in [0.2, 0.25) is 17.7 Å². The highest BCUT2D eigenvalue weighted by molar-refractivity contribution is 6.11. The van der Waals surface area contributed by atoms with Crippen molar-refractivity contribution in [3.63, 3.8) is 0 Å². The van der Waals surface area contributed by atoms with E-state index in [9.17, 15) is 14.4 Å². The number of methoxy groups -OCH3 is 1. The molecule has 5 atom stereocenters. The van der Waals surface area contributed by atoms with Crippen LogP contribution in [0.15, 0.2) is 66.7 Å². The Hall–Kier alpha value is -3.41. The summed E-state index contributed by atoms with van der Waals surface area (Å²) in [4.78, 5) is 41.4. The number of ether oxygens (including phenoxy) is 1. The minimum Gasteiger partial charge on any atom is -0.495 e. The van der Waals surface area contributed by atoms with Crippen LogP contribution in [-0.2, 0) is 20.8 Å². The summed E-state index contributed by atoms with van der Waals surface area (Å²) < 4.78 is 5.34. The predicted octanol–water partition coefficient (Wildman–Crippen LogP) is 3.05. The molecule has 2 aromatic rings. The summed E-state index contributed by atoms with van der Waals surface area (Å²) >= 11 is 0. The summed E-state index contributed by atoms with van der Waals surface area (Å²) in [6, 6.07) is 15.7. The second-order valence-corrected chi connectivity index (χ2v) is 8.44. The Morgan fingerprint density at radius 1 is 1.00 bits per heavy atom. The van der Waals surface area contributed by atoms with Gasteiger partial charge in [-0.15, -0.1) is 0 Å². The number of para-hydroxylation sites is 2. The van der Waals surface area contributed by atoms with Gasteiger partial charge < -0.3 is 10.1 Å². The average molecular weight is 416 g/mol. The number of hydrogen-bond acceptors (Lipinski definition) is 4. The number of fused-ring (bicyclic) bond motifs is 5. The number of amides is 3. The van der Waals surface area contributed by atoms with Crippen molar-refractivity contribution in [1.29, 1.82) is 0 Å². The van der Waals surface area contributed by atoms with Crippen molar-refractivity contribution in [3.05, 3.63) is 72.3 Å². The Kier molecular flexibility index (Phi) is 4.85. The minimum absolute atomic E-state index is 0.103. The summed E-state index contributed by atoms with van der Waals surface area (Å²) in [6.45, 7) is 0. The van der Waals surface area contributed by atoms with Crippen LogP contribution in [0.5, 0.6) is 5.75 Å². The van der Waals surface area contributed by atoms with E-state index in [0.29, 0.717) is 11.4 Å². The van der Waals surface area contributed by atoms with Gasteiger partial charge in [-0.05, 0) is 36.0 Å². The number of likely N-dealkylation sites (tertiary alicyclic amines) is 1. The molecule has 0 aromatic heterocycles. The largest absolute Gasteiger partial charge is 0.495 e. The summed E-state index contributed by atoms with van der Waals surface area (Å²) in [5.41, 5.74) is 1.40. The summed E-state index contributed by atoms with van der Waals surface area (Å²) in [6.07, 6.45) is 5.24. The Morgan fingerprint density at radius 2 is 1.61 bits per heavy atom. The maximum atomic E-state index is 13.4. The Labute approximate surface area is 180 Å². The Morgan fingerprint density at radius 3 is 2.26 bits per heavy atom. The van der Waals surface area contributed by atoms with E-state index in [1.54, 1.807) is 18.2 Å². The molecule has 2 aliphatic carbocycles. The Balaban J connectivity index is 1.47. The van der Waals surface area contributed by atoms with Crippen LogP contribution in [0.25, 0.3) is 0 Å². The van der Waals surface area contributed by atoms with E-state index in [1.165, 1.54) is 12.0 Å². The SMILES string of the molecule is COc1ccccc1NC(=O)[C@H](Cc1ccccc1)N1C(=O)[C@H]2[C@H](C1=O)[C@H]1C=C[C@H]2C1. The van der Waals surface area contributed by atoms with Crippen molar-refractivity contribution in [2.75, 3.05) is 12.4 Å². The van der Waals surface area contributed by atoms with Gasteiger partial charge in [-0.25, -0.2) is 0 Å². The number of benzene rings is 2. The molecule has 6 heteroatoms. The first-order valence-corrected chi connectivity index (χ1v) is 10.6. The highest BCUT2D eigenvalue weighted by Gasteiger charge is 2.61. The van der Waals surface area contributed by atoms with Gasteiger partial charge in [0.05, 0.1) is 24.6 Å². The highest BCUT2D eigenvalue weighted by atomic mass is 16.5. The van der Waals surface area contributed by atoms with Crippen molar-refractivity contribution in [1.82, 2.24) is 4.90 Å². The number of rotatable bonds is 6. The maximum absolute atomic E-state index is 13.4. The molecule has 1 saturated carbocycles. The van der Waals surface area contributed by atoms with Gasteiger partial charge in [0, 0.05) is 6.42 Å². The zero-order valence-corrected chi connectivity index (χ0v) is 17.2. The second kappa shape index (κ2) is 7.69. The molecular formula is C25H24N2O4. The molecule has 2 bridgehead atoms. The molecule has 0 unspecified atom stereocenters. The van der Waals surface area contributed by atoms with E-state index < -0.39 is 11.9 Å². The molecule has 0 spiro atoms. The van der Waals surface area contributed by atoms with Crippen LogP contribution in [-0.4, -0.2) is 35.8 Å². The third-order valence-corrected chi connectivity index (χ3v) is 6.76. The monoisotopic (exact) mass is 416 g/mol. The zero-order valence-electron chi connectivity index (χ0n) is 17.2. The molecule has 2 fully saturated rings. The number of nitrogens with zero attached hydrogens (tertiary/aromatic N) is 1. The maximum Gasteiger partial charge on any atom is 0.248 e. The first-order chi connectivity index (χ1) is 15.1. The number of hydrogen-bond donors (Lipinski definition) is 1. The molecule has 1 heterocycles. The molecule has 2 aromatic carbocycles. The highest BCUT2D eigenvalue weighted by Crippen LogP contribution is 2.53. The van der Waals surface area contributed by atoms with Gasteiger partial charge in [-0.2, -0.15) is 0 Å². The lowest BCUT2D eigenvalue weighted by Gasteiger charge is -2.27. The van der Waals surface area contributed by atoms with E-state index in [4.69, 9.17) is 4.74 Å². The van der Waals surface area contributed by atoms with E-state index in [0.717, 1.165) is 12.0 Å². The topological polar surface area (TPSA) is 75.7 Å². The Bertz CT molecular complexity index is 1030. The number of imide groups is 1. The molecule has 158 valence electrons. The quantitative estimate of drug-likeness (QED) is 0.580. The molecule has 1 saturated heterocycles. The summed E-state index contributed by atoms with van der Waals surface area (Å²) in [7, 11) is 1.53. The van der Waals surface area contributed by atoms with Crippen LogP contribution < -0.4 is 10.1 Å². The number of anilines is 1. The molecule has 3 aliphatic rings. The first-order valence-electron chi connectivity index (χ1n) is 10.6. The van der Waals surface area contributed by atoms with Crippen molar-refractivity contribution < 1.29 is 19.1 Å². The van der Waals surface area contributed by atoms with E-state index in [2.05, 4.69) is 17.5 Å². The van der Waals surface area contributed by atoms with Gasteiger partial charge in [-0.3, -0.25) is 19.3 Å². The van der Waals surface area contributed by atoms with E-state index >= 15 is 0 Å². The number of nitrogens with one attached hydrogen (secondary N) is 1. The van der Waals surface area contributed by atoms with Gasteiger partial charge in [0.25, 0.3) is 0 Å². The summed E-state index contributed by atoms with van der Waals surface area (Å²) in [5.74, 6) is -0.773. The molecule has 1 N–H and O–H groups in total. The standard InChI is InChI=1S/C25H24N2O4/c1-31-20-10-6-5-9-18(20)26-23(28)19(13-15-7-3-2-4-8-15)27-24(29)21-16-11-12-17(14-16)22(21)25(27)30/h2-12,16-17,19,21-22H,13-14H2,1H3,(H,26,28)/t16-,17-,19-,21+,22+/m0/s1. The molecule has 3 amide bonds. The fraction of sp³-hybridized carbons (Fsp3) is 0.320. The second-order valence-electron chi connectivity index (χ2n) is 8.44. The van der Waals surface area contributed by atoms with Crippen LogP contribution in [0.4, 0.5) is 5.69 Å². The number of allylic oxidation sites excluding steroid dienone is 2. The van der Waals surface area contributed by atoms with Crippen molar-refractivity contribution in [2.24, 2.45) is 23.7 Å². The van der Waals surface area contributed by atoms with E-state index in [-0.39, 0.29) is 41.9 Å². The van der Waals surface area contributed by atoms with E-state index in [1.807, 2.05) is 36.4 Å². The third-order valence-electron chi connectivity index (χ3n) is 6.76. The molecule has 1 aliphatic heterocycles. The van der Waals surface area contributed by atoms with Crippen molar-refractivity contribution in [2.45, 2.75) is 18.9 Å². The smallest absolute Gasteiger partial charge is 0.248 e. The number of carbonyl (C=O) groups excluding carboxylic acids is 3. The van der Waals surface area contributed by atoms with Crippen LogP contribution in [0.1, 0.15) is 12.0 Å². The minimum atomic E-state index is -0.919. The summed E-state index contributed by atoms with van der Waals surface area (Å²) in [5, 5.41) is 2.88. The van der Waals surface area contributed by atoms with Crippen LogP contribution in [0.3, 0.4) is 0 Å². The van der Waals surface area contributed by atoms with Crippen LogP contribution in [0.2, 0.25) is 0 Å². The van der Waals surface area contributed by atoms with Gasteiger partial charge in [0.15, 0.2) is 0 Å². The van der Waals surface area contributed by atoms with Crippen LogP contribution >= 0.6 is 0 Å². The fourth-order valence-electron chi connectivity index (χ4n) is 5.34. The molecule has 0 radical (unpaired) electrons. The predicted molar refractivity (Wildman–Crippen MR) is 115 cm³/mol. The lowest BCUT2D eigenvalue weighted by Crippen LogP contribution is -2.49. The molecule has 6 nitrogen and oxygen atoms in total.